The Kier molecular flexibility index (Phi) is 4.93. The fraction of sp³-hybridized carbons (Fsp3) is 0.143. The first-order chi connectivity index (χ1) is 9.45. The molecular weight excluding hydrogens is 340 g/mol. The first-order valence-electron chi connectivity index (χ1n) is 6.02. The normalized spacial score (nSPS) is 11.5. The van der Waals surface area contributed by atoms with Crippen LogP contribution in [0.1, 0.15) is 11.1 Å². The summed E-state index contributed by atoms with van der Waals surface area (Å²) in [7, 11) is -3.61. The molecule has 0 unspecified atom stereocenters. The number of halogens is 1. The van der Waals surface area contributed by atoms with Crippen LogP contribution in [0.2, 0.25) is 0 Å². The number of rotatable bonds is 5. The van der Waals surface area contributed by atoms with Gasteiger partial charge in [0.25, 0.3) is 0 Å². The van der Waals surface area contributed by atoms with Crippen molar-refractivity contribution in [3.63, 3.8) is 0 Å². The standard InChI is InChI=1S/C14H15BrN2O2S/c15-13-5-1-11(2-6-13)9-17-10-12-3-7-14(8-4-12)20(16,18)19/h1-8,17H,9-10H2,(H2,16,18,19). The SMILES string of the molecule is NS(=O)(=O)c1ccc(CNCc2ccc(Br)cc2)cc1. The van der Waals surface area contributed by atoms with E-state index in [-0.39, 0.29) is 4.90 Å². The number of benzene rings is 2. The minimum atomic E-state index is -3.61. The summed E-state index contributed by atoms with van der Waals surface area (Å²) >= 11 is 3.39. The Bertz CT molecular complexity index is 667. The molecule has 0 atom stereocenters. The molecule has 4 nitrogen and oxygen atoms in total. The summed E-state index contributed by atoms with van der Waals surface area (Å²) in [6, 6.07) is 14.6. The Labute approximate surface area is 127 Å². The molecule has 0 aromatic heterocycles. The van der Waals surface area contributed by atoms with Crippen molar-refractivity contribution < 1.29 is 8.42 Å². The molecule has 0 bridgehead atoms. The highest BCUT2D eigenvalue weighted by molar-refractivity contribution is 9.10. The molecule has 2 aromatic rings. The summed E-state index contributed by atoms with van der Waals surface area (Å²) in [6.45, 7) is 1.42. The van der Waals surface area contributed by atoms with Crippen molar-refractivity contribution in [1.29, 1.82) is 0 Å². The fourth-order valence-corrected chi connectivity index (χ4v) is 2.53. The van der Waals surface area contributed by atoms with Crippen LogP contribution < -0.4 is 10.5 Å². The second kappa shape index (κ2) is 6.49. The molecule has 0 aliphatic heterocycles. The monoisotopic (exact) mass is 354 g/mol. The van der Waals surface area contributed by atoms with Gasteiger partial charge in [0.2, 0.25) is 10.0 Å². The Morgan fingerprint density at radius 3 is 1.80 bits per heavy atom. The van der Waals surface area contributed by atoms with Crippen molar-refractivity contribution in [2.45, 2.75) is 18.0 Å². The van der Waals surface area contributed by atoms with Gasteiger partial charge in [0.15, 0.2) is 0 Å². The summed E-state index contributed by atoms with van der Waals surface area (Å²) in [5, 5.41) is 8.35. The van der Waals surface area contributed by atoms with E-state index >= 15 is 0 Å². The van der Waals surface area contributed by atoms with E-state index in [4.69, 9.17) is 5.14 Å². The summed E-state index contributed by atoms with van der Waals surface area (Å²) in [4.78, 5) is 0.133. The van der Waals surface area contributed by atoms with Crippen LogP contribution in [-0.4, -0.2) is 8.42 Å². The van der Waals surface area contributed by atoms with Gasteiger partial charge < -0.3 is 5.32 Å². The zero-order chi connectivity index (χ0) is 14.6. The van der Waals surface area contributed by atoms with Gasteiger partial charge >= 0.3 is 0 Å². The van der Waals surface area contributed by atoms with Crippen molar-refractivity contribution in [2.24, 2.45) is 5.14 Å². The average molecular weight is 355 g/mol. The van der Waals surface area contributed by atoms with E-state index in [0.29, 0.717) is 6.54 Å². The van der Waals surface area contributed by atoms with E-state index < -0.39 is 10.0 Å². The molecule has 0 aliphatic rings. The molecule has 0 spiro atoms. The van der Waals surface area contributed by atoms with E-state index in [1.54, 1.807) is 12.1 Å². The number of sulfonamides is 1. The van der Waals surface area contributed by atoms with Gasteiger partial charge in [0.05, 0.1) is 4.90 Å². The first kappa shape index (κ1) is 15.2. The molecule has 3 N–H and O–H groups in total. The third-order valence-electron chi connectivity index (χ3n) is 2.82. The minimum absolute atomic E-state index is 0.133. The van der Waals surface area contributed by atoms with Crippen LogP contribution in [0.4, 0.5) is 0 Å². The summed E-state index contributed by atoms with van der Waals surface area (Å²) in [5.74, 6) is 0. The zero-order valence-electron chi connectivity index (χ0n) is 10.7. The molecule has 0 amide bonds. The molecule has 106 valence electrons. The van der Waals surface area contributed by atoms with Crippen LogP contribution in [0, 0.1) is 0 Å². The molecule has 0 saturated carbocycles. The molecule has 0 aliphatic carbocycles. The van der Waals surface area contributed by atoms with Gasteiger partial charge in [-0.25, -0.2) is 13.6 Å². The van der Waals surface area contributed by atoms with Crippen LogP contribution in [-0.2, 0) is 23.1 Å². The molecule has 2 rings (SSSR count). The topological polar surface area (TPSA) is 72.2 Å². The third kappa shape index (κ3) is 4.42. The Hall–Kier alpha value is -1.21. The van der Waals surface area contributed by atoms with Gasteiger partial charge in [-0.2, -0.15) is 0 Å². The van der Waals surface area contributed by atoms with E-state index in [1.165, 1.54) is 17.7 Å². The van der Waals surface area contributed by atoms with Gasteiger partial charge in [-0.3, -0.25) is 0 Å². The molecular formula is C14H15BrN2O2S. The van der Waals surface area contributed by atoms with Crippen LogP contribution in [0.5, 0.6) is 0 Å². The fourth-order valence-electron chi connectivity index (χ4n) is 1.75. The van der Waals surface area contributed by atoms with Crippen LogP contribution in [0.15, 0.2) is 57.9 Å². The third-order valence-corrected chi connectivity index (χ3v) is 4.28. The van der Waals surface area contributed by atoms with Crippen molar-refractivity contribution >= 4 is 26.0 Å². The van der Waals surface area contributed by atoms with E-state index in [1.807, 2.05) is 24.3 Å². The largest absolute Gasteiger partial charge is 0.309 e. The van der Waals surface area contributed by atoms with Crippen LogP contribution in [0.25, 0.3) is 0 Å². The van der Waals surface area contributed by atoms with Crippen molar-refractivity contribution in [3.05, 3.63) is 64.1 Å². The molecule has 20 heavy (non-hydrogen) atoms. The van der Waals surface area contributed by atoms with Gasteiger partial charge in [-0.1, -0.05) is 40.2 Å². The number of nitrogens with one attached hydrogen (secondary N) is 1. The molecule has 2 aromatic carbocycles. The minimum Gasteiger partial charge on any atom is -0.309 e. The zero-order valence-corrected chi connectivity index (χ0v) is 13.1. The summed E-state index contributed by atoms with van der Waals surface area (Å²) < 4.78 is 23.3. The highest BCUT2D eigenvalue weighted by Crippen LogP contribution is 2.11. The highest BCUT2D eigenvalue weighted by Gasteiger charge is 2.06. The summed E-state index contributed by atoms with van der Waals surface area (Å²) in [5.41, 5.74) is 2.20. The number of hydrogen-bond donors (Lipinski definition) is 2. The van der Waals surface area contributed by atoms with Gasteiger partial charge in [-0.05, 0) is 35.4 Å². The van der Waals surface area contributed by atoms with E-state index in [9.17, 15) is 8.42 Å². The second-order valence-corrected chi connectivity index (χ2v) is 6.90. The maximum absolute atomic E-state index is 11.1. The Morgan fingerprint density at radius 2 is 1.35 bits per heavy atom. The maximum Gasteiger partial charge on any atom is 0.238 e. The quantitative estimate of drug-likeness (QED) is 0.865. The van der Waals surface area contributed by atoms with Crippen molar-refractivity contribution in [3.8, 4) is 0 Å². The van der Waals surface area contributed by atoms with Crippen LogP contribution in [0.3, 0.4) is 0 Å². The summed E-state index contributed by atoms with van der Waals surface area (Å²) in [6.07, 6.45) is 0. The molecule has 0 radical (unpaired) electrons. The second-order valence-electron chi connectivity index (χ2n) is 4.42. The molecule has 0 heterocycles. The smallest absolute Gasteiger partial charge is 0.238 e. The van der Waals surface area contributed by atoms with Crippen molar-refractivity contribution in [2.75, 3.05) is 0 Å². The lowest BCUT2D eigenvalue weighted by atomic mass is 10.2. The highest BCUT2D eigenvalue weighted by atomic mass is 79.9. The first-order valence-corrected chi connectivity index (χ1v) is 8.36. The molecule has 0 fully saturated rings. The number of hydrogen-bond acceptors (Lipinski definition) is 3. The lowest BCUT2D eigenvalue weighted by Gasteiger charge is -2.06. The average Bonchev–Trinajstić information content (AvgIpc) is 2.41. The predicted octanol–water partition coefficient (Wildman–Crippen LogP) is 2.39. The van der Waals surface area contributed by atoms with Gasteiger partial charge in [0.1, 0.15) is 0 Å². The number of primary sulfonamides is 1. The van der Waals surface area contributed by atoms with Gasteiger partial charge in [0, 0.05) is 17.6 Å². The lowest BCUT2D eigenvalue weighted by Crippen LogP contribution is -2.14. The Morgan fingerprint density at radius 1 is 0.900 bits per heavy atom. The maximum atomic E-state index is 11.1. The molecule has 0 saturated heterocycles. The van der Waals surface area contributed by atoms with E-state index in [2.05, 4.69) is 21.2 Å². The van der Waals surface area contributed by atoms with E-state index in [0.717, 1.165) is 16.6 Å². The lowest BCUT2D eigenvalue weighted by molar-refractivity contribution is 0.597. The van der Waals surface area contributed by atoms with Crippen molar-refractivity contribution in [1.82, 2.24) is 5.32 Å². The van der Waals surface area contributed by atoms with Crippen LogP contribution >= 0.6 is 15.9 Å². The Balaban J connectivity index is 1.90. The number of nitrogens with two attached hydrogens (primary N) is 1. The predicted molar refractivity (Wildman–Crippen MR) is 82.5 cm³/mol. The molecule has 6 heteroatoms. The van der Waals surface area contributed by atoms with Gasteiger partial charge in [-0.15, -0.1) is 0 Å².